The second-order valence-electron chi connectivity index (χ2n) is 4.20. The topological polar surface area (TPSA) is 62.7 Å². The van der Waals surface area contributed by atoms with Crippen molar-refractivity contribution in [3.05, 3.63) is 35.5 Å². The summed E-state index contributed by atoms with van der Waals surface area (Å²) in [6.45, 7) is 2.35. The van der Waals surface area contributed by atoms with E-state index in [2.05, 4.69) is 16.0 Å². The summed E-state index contributed by atoms with van der Waals surface area (Å²) in [5, 5.41) is 8.80. The summed E-state index contributed by atoms with van der Waals surface area (Å²) in [6.07, 6.45) is 4.49. The summed E-state index contributed by atoms with van der Waals surface area (Å²) < 4.78 is 5.10. The zero-order chi connectivity index (χ0) is 13.0. The highest BCUT2D eigenvalue weighted by molar-refractivity contribution is 5.87. The molecule has 0 unspecified atom stereocenters. The van der Waals surface area contributed by atoms with E-state index in [-0.39, 0.29) is 5.56 Å². The molecule has 18 heavy (non-hydrogen) atoms. The van der Waals surface area contributed by atoms with Gasteiger partial charge in [-0.2, -0.15) is 0 Å². The van der Waals surface area contributed by atoms with Crippen LogP contribution in [0.4, 0.5) is 5.82 Å². The minimum atomic E-state index is -0.949. The van der Waals surface area contributed by atoms with E-state index in [0.29, 0.717) is 6.61 Å². The van der Waals surface area contributed by atoms with Crippen molar-refractivity contribution in [2.24, 2.45) is 0 Å². The molecule has 2 rings (SSSR count). The van der Waals surface area contributed by atoms with Crippen LogP contribution in [0.1, 0.15) is 16.8 Å². The molecule has 1 aliphatic heterocycles. The van der Waals surface area contributed by atoms with Gasteiger partial charge < -0.3 is 14.7 Å². The van der Waals surface area contributed by atoms with Crippen molar-refractivity contribution in [3.63, 3.8) is 0 Å². The predicted octanol–water partition coefficient (Wildman–Crippen LogP) is 1.56. The van der Waals surface area contributed by atoms with Crippen LogP contribution in [0.15, 0.2) is 30.0 Å². The number of hydrogen-bond acceptors (Lipinski definition) is 4. The fourth-order valence-electron chi connectivity index (χ4n) is 1.94. The zero-order valence-corrected chi connectivity index (χ0v) is 10.3. The fraction of sp³-hybridized carbons (Fsp3) is 0.385. The van der Waals surface area contributed by atoms with Crippen molar-refractivity contribution in [2.75, 3.05) is 31.7 Å². The van der Waals surface area contributed by atoms with Crippen molar-refractivity contribution < 1.29 is 14.6 Å². The molecule has 0 aliphatic carbocycles. The molecule has 5 heteroatoms. The molecule has 0 spiro atoms. The molecule has 1 aromatic heterocycles. The number of methoxy groups -OCH3 is 1. The summed E-state index contributed by atoms with van der Waals surface area (Å²) in [4.78, 5) is 17.0. The molecule has 1 N–H and O–H groups in total. The highest BCUT2D eigenvalue weighted by Crippen LogP contribution is 2.17. The first-order valence-electron chi connectivity index (χ1n) is 5.82. The summed E-state index contributed by atoms with van der Waals surface area (Å²) in [6, 6.07) is 3.33. The minimum absolute atomic E-state index is 0.214. The van der Waals surface area contributed by atoms with Crippen LogP contribution >= 0.6 is 0 Å². The number of pyridine rings is 1. The predicted molar refractivity (Wildman–Crippen MR) is 68.0 cm³/mol. The lowest BCUT2D eigenvalue weighted by Crippen LogP contribution is -2.30. The Balaban J connectivity index is 2.03. The Labute approximate surface area is 106 Å². The maximum Gasteiger partial charge on any atom is 0.337 e. The summed E-state index contributed by atoms with van der Waals surface area (Å²) in [7, 11) is 1.69. The van der Waals surface area contributed by atoms with Crippen LogP contribution in [0, 0.1) is 0 Å². The van der Waals surface area contributed by atoms with Crippen molar-refractivity contribution >= 4 is 11.8 Å². The van der Waals surface area contributed by atoms with E-state index in [1.807, 2.05) is 0 Å². The van der Waals surface area contributed by atoms with Gasteiger partial charge in [0.25, 0.3) is 0 Å². The van der Waals surface area contributed by atoms with Gasteiger partial charge in [-0.05, 0) is 24.1 Å². The number of carboxylic acids is 1. The maximum absolute atomic E-state index is 10.7. The molecule has 5 nitrogen and oxygen atoms in total. The number of aromatic carboxylic acids is 1. The van der Waals surface area contributed by atoms with Crippen LogP contribution in [0.2, 0.25) is 0 Å². The minimum Gasteiger partial charge on any atom is -0.478 e. The van der Waals surface area contributed by atoms with Gasteiger partial charge in [-0.3, -0.25) is 0 Å². The smallest absolute Gasteiger partial charge is 0.337 e. The lowest BCUT2D eigenvalue weighted by atomic mass is 10.1. The molecule has 0 atom stereocenters. The van der Waals surface area contributed by atoms with Crippen LogP contribution in [0.25, 0.3) is 0 Å². The molecular formula is C13H16N2O3. The van der Waals surface area contributed by atoms with Crippen LogP contribution < -0.4 is 4.90 Å². The third kappa shape index (κ3) is 2.87. The number of ether oxygens (including phenoxy) is 1. The van der Waals surface area contributed by atoms with Gasteiger partial charge in [0.15, 0.2) is 0 Å². The van der Waals surface area contributed by atoms with Gasteiger partial charge in [0, 0.05) is 26.4 Å². The Kier molecular flexibility index (Phi) is 3.94. The van der Waals surface area contributed by atoms with E-state index in [0.717, 1.165) is 25.3 Å². The molecule has 2 heterocycles. The molecule has 0 amide bonds. The number of hydrogen-bond donors (Lipinski definition) is 1. The number of carboxylic acid groups (broad SMARTS) is 1. The highest BCUT2D eigenvalue weighted by Gasteiger charge is 2.13. The first kappa shape index (κ1) is 12.6. The lowest BCUT2D eigenvalue weighted by Gasteiger charge is -2.27. The van der Waals surface area contributed by atoms with Gasteiger partial charge in [0.2, 0.25) is 0 Å². The molecule has 0 fully saturated rings. The quantitative estimate of drug-likeness (QED) is 0.819. The van der Waals surface area contributed by atoms with Crippen molar-refractivity contribution in [3.8, 4) is 0 Å². The summed E-state index contributed by atoms with van der Waals surface area (Å²) in [5.74, 6) is -0.136. The number of aromatic nitrogens is 1. The van der Waals surface area contributed by atoms with Crippen molar-refractivity contribution in [1.29, 1.82) is 0 Å². The number of carbonyl (C=O) groups is 1. The highest BCUT2D eigenvalue weighted by atomic mass is 16.5. The molecule has 0 bridgehead atoms. The zero-order valence-electron chi connectivity index (χ0n) is 10.3. The molecule has 96 valence electrons. The van der Waals surface area contributed by atoms with E-state index >= 15 is 0 Å². The van der Waals surface area contributed by atoms with Gasteiger partial charge in [0.1, 0.15) is 5.82 Å². The summed E-state index contributed by atoms with van der Waals surface area (Å²) >= 11 is 0. The van der Waals surface area contributed by atoms with Gasteiger partial charge in [-0.15, -0.1) is 0 Å². The monoisotopic (exact) mass is 248 g/mol. The Morgan fingerprint density at radius 2 is 2.39 bits per heavy atom. The normalized spacial score (nSPS) is 15.4. The lowest BCUT2D eigenvalue weighted by molar-refractivity contribution is 0.0696. The van der Waals surface area contributed by atoms with Gasteiger partial charge in [-0.1, -0.05) is 6.08 Å². The van der Waals surface area contributed by atoms with E-state index in [1.54, 1.807) is 19.2 Å². The molecule has 1 aliphatic rings. The SMILES string of the molecule is COCC1=CCN(c2ccc(C(=O)O)cn2)CC1. The third-order valence-corrected chi connectivity index (χ3v) is 2.95. The Hall–Kier alpha value is -1.88. The molecule has 0 saturated carbocycles. The Morgan fingerprint density at radius 1 is 1.56 bits per heavy atom. The number of nitrogens with zero attached hydrogens (tertiary/aromatic N) is 2. The van der Waals surface area contributed by atoms with Gasteiger partial charge in [0.05, 0.1) is 12.2 Å². The second kappa shape index (κ2) is 5.64. The Bertz CT molecular complexity index is 454. The molecule has 0 saturated heterocycles. The average Bonchev–Trinajstić information content (AvgIpc) is 2.40. The average molecular weight is 248 g/mol. The molecule has 0 aromatic carbocycles. The van der Waals surface area contributed by atoms with Gasteiger partial charge in [-0.25, -0.2) is 9.78 Å². The fourth-order valence-corrected chi connectivity index (χ4v) is 1.94. The summed E-state index contributed by atoms with van der Waals surface area (Å²) in [5.41, 5.74) is 1.52. The Morgan fingerprint density at radius 3 is 2.89 bits per heavy atom. The largest absolute Gasteiger partial charge is 0.478 e. The first-order chi connectivity index (χ1) is 8.70. The number of anilines is 1. The van der Waals surface area contributed by atoms with E-state index in [9.17, 15) is 4.79 Å². The van der Waals surface area contributed by atoms with E-state index in [1.165, 1.54) is 11.8 Å². The molecule has 1 aromatic rings. The maximum atomic E-state index is 10.7. The van der Waals surface area contributed by atoms with E-state index in [4.69, 9.17) is 9.84 Å². The molecular weight excluding hydrogens is 232 g/mol. The molecule has 0 radical (unpaired) electrons. The second-order valence-corrected chi connectivity index (χ2v) is 4.20. The third-order valence-electron chi connectivity index (χ3n) is 2.95. The van der Waals surface area contributed by atoms with Crippen molar-refractivity contribution in [1.82, 2.24) is 4.98 Å². The van der Waals surface area contributed by atoms with Crippen LogP contribution in [-0.2, 0) is 4.74 Å². The van der Waals surface area contributed by atoms with Crippen molar-refractivity contribution in [2.45, 2.75) is 6.42 Å². The van der Waals surface area contributed by atoms with Crippen LogP contribution in [-0.4, -0.2) is 42.9 Å². The first-order valence-corrected chi connectivity index (χ1v) is 5.82. The van der Waals surface area contributed by atoms with Crippen LogP contribution in [0.5, 0.6) is 0 Å². The number of rotatable bonds is 4. The van der Waals surface area contributed by atoms with E-state index < -0.39 is 5.97 Å². The van der Waals surface area contributed by atoms with Crippen LogP contribution in [0.3, 0.4) is 0 Å². The van der Waals surface area contributed by atoms with Gasteiger partial charge >= 0.3 is 5.97 Å². The standard InChI is InChI=1S/C13H16N2O3/c1-18-9-10-4-6-15(7-5-10)12-3-2-11(8-14-12)13(16)17/h2-4,8H,5-7,9H2,1H3,(H,16,17).